The second-order valence-corrected chi connectivity index (χ2v) is 6.27. The van der Waals surface area contributed by atoms with Gasteiger partial charge >= 0.3 is 0 Å². The van der Waals surface area contributed by atoms with Crippen molar-refractivity contribution in [2.24, 2.45) is 0 Å². The van der Waals surface area contributed by atoms with E-state index in [1.807, 2.05) is 25.2 Å². The summed E-state index contributed by atoms with van der Waals surface area (Å²) >= 11 is 12.2. The van der Waals surface area contributed by atoms with Crippen molar-refractivity contribution >= 4 is 23.2 Å². The van der Waals surface area contributed by atoms with Crippen LogP contribution in [0.25, 0.3) is 0 Å². The van der Waals surface area contributed by atoms with Gasteiger partial charge in [-0.1, -0.05) is 48.5 Å². The summed E-state index contributed by atoms with van der Waals surface area (Å²) < 4.78 is 6.21. The van der Waals surface area contributed by atoms with Gasteiger partial charge in [0, 0.05) is 6.61 Å². The van der Waals surface area contributed by atoms with Crippen LogP contribution in [-0.2, 0) is 4.74 Å². The van der Waals surface area contributed by atoms with Gasteiger partial charge < -0.3 is 10.1 Å². The minimum absolute atomic E-state index is 0.126. The number of hydrogen-bond donors (Lipinski definition) is 1. The van der Waals surface area contributed by atoms with E-state index in [0.717, 1.165) is 25.0 Å². The average molecular weight is 316 g/mol. The van der Waals surface area contributed by atoms with Crippen molar-refractivity contribution in [2.75, 3.05) is 13.7 Å². The van der Waals surface area contributed by atoms with Crippen LogP contribution in [0.1, 0.15) is 50.6 Å². The molecule has 1 aliphatic rings. The van der Waals surface area contributed by atoms with E-state index in [9.17, 15) is 0 Å². The van der Waals surface area contributed by atoms with Gasteiger partial charge in [0.15, 0.2) is 0 Å². The van der Waals surface area contributed by atoms with Crippen molar-refractivity contribution in [3.63, 3.8) is 0 Å². The Hall–Kier alpha value is -0.280. The Labute approximate surface area is 131 Å². The van der Waals surface area contributed by atoms with E-state index < -0.39 is 0 Å². The molecule has 0 bridgehead atoms. The van der Waals surface area contributed by atoms with Gasteiger partial charge in [0.2, 0.25) is 0 Å². The molecule has 1 unspecified atom stereocenters. The van der Waals surface area contributed by atoms with Gasteiger partial charge in [-0.2, -0.15) is 0 Å². The number of rotatable bonds is 5. The summed E-state index contributed by atoms with van der Waals surface area (Å²) in [6.07, 6.45) is 5.92. The van der Waals surface area contributed by atoms with Gasteiger partial charge in [-0.15, -0.1) is 0 Å². The minimum Gasteiger partial charge on any atom is -0.373 e. The van der Waals surface area contributed by atoms with Crippen LogP contribution in [0.15, 0.2) is 18.2 Å². The van der Waals surface area contributed by atoms with Gasteiger partial charge in [-0.3, -0.25) is 0 Å². The Balaban J connectivity index is 2.34. The summed E-state index contributed by atoms with van der Waals surface area (Å²) in [6.45, 7) is 2.80. The maximum atomic E-state index is 6.21. The normalized spacial score (nSPS) is 19.8. The van der Waals surface area contributed by atoms with Crippen LogP contribution in [0, 0.1) is 0 Å². The molecule has 0 amide bonds. The molecule has 0 aromatic heterocycles. The Morgan fingerprint density at radius 3 is 2.45 bits per heavy atom. The van der Waals surface area contributed by atoms with E-state index >= 15 is 0 Å². The molecule has 0 aliphatic heterocycles. The van der Waals surface area contributed by atoms with E-state index in [1.165, 1.54) is 19.3 Å². The largest absolute Gasteiger partial charge is 0.373 e. The maximum Gasteiger partial charge on any atom is 0.0876 e. The van der Waals surface area contributed by atoms with Crippen LogP contribution in [0.5, 0.6) is 0 Å². The lowest BCUT2D eigenvalue weighted by atomic mass is 9.76. The summed E-state index contributed by atoms with van der Waals surface area (Å²) in [6, 6.07) is 6.02. The molecule has 1 aromatic rings. The molecule has 112 valence electrons. The first kappa shape index (κ1) is 16.1. The molecule has 0 radical (unpaired) electrons. The second kappa shape index (κ2) is 7.13. The van der Waals surface area contributed by atoms with Crippen molar-refractivity contribution in [1.29, 1.82) is 0 Å². The quantitative estimate of drug-likeness (QED) is 0.826. The summed E-state index contributed by atoms with van der Waals surface area (Å²) in [4.78, 5) is 0. The monoisotopic (exact) mass is 315 g/mol. The van der Waals surface area contributed by atoms with Gasteiger partial charge in [0.1, 0.15) is 0 Å². The minimum atomic E-state index is -0.126. The zero-order valence-electron chi connectivity index (χ0n) is 12.2. The van der Waals surface area contributed by atoms with Gasteiger partial charge in [0.05, 0.1) is 21.7 Å². The van der Waals surface area contributed by atoms with Crippen LogP contribution >= 0.6 is 23.2 Å². The molecule has 0 heterocycles. The lowest BCUT2D eigenvalue weighted by molar-refractivity contribution is -0.0898. The third-order valence-electron chi connectivity index (χ3n) is 4.22. The molecule has 20 heavy (non-hydrogen) atoms. The first-order chi connectivity index (χ1) is 9.63. The second-order valence-electron chi connectivity index (χ2n) is 5.45. The molecule has 1 saturated carbocycles. The molecule has 2 rings (SSSR count). The van der Waals surface area contributed by atoms with Crippen LogP contribution in [0.3, 0.4) is 0 Å². The predicted octanol–water partition coefficient (Wildman–Crippen LogP) is 4.99. The lowest BCUT2D eigenvalue weighted by Crippen LogP contribution is -2.46. The van der Waals surface area contributed by atoms with E-state index in [0.29, 0.717) is 10.0 Å². The highest BCUT2D eigenvalue weighted by atomic mass is 35.5. The average Bonchev–Trinajstić information content (AvgIpc) is 2.45. The van der Waals surface area contributed by atoms with E-state index in [4.69, 9.17) is 27.9 Å². The Bertz CT molecular complexity index is 439. The fraction of sp³-hybridized carbons (Fsp3) is 0.625. The molecule has 0 spiro atoms. The van der Waals surface area contributed by atoms with E-state index in [-0.39, 0.29) is 11.6 Å². The third kappa shape index (κ3) is 3.30. The number of likely N-dealkylation sites (N-methyl/N-ethyl adjacent to an activating group) is 1. The van der Waals surface area contributed by atoms with Crippen molar-refractivity contribution in [3.8, 4) is 0 Å². The van der Waals surface area contributed by atoms with Crippen LogP contribution < -0.4 is 5.32 Å². The van der Waals surface area contributed by atoms with Gasteiger partial charge in [-0.25, -0.2) is 0 Å². The van der Waals surface area contributed by atoms with Crippen LogP contribution in [0.4, 0.5) is 0 Å². The van der Waals surface area contributed by atoms with Crippen molar-refractivity contribution in [1.82, 2.24) is 5.32 Å². The zero-order valence-corrected chi connectivity index (χ0v) is 13.7. The number of ether oxygens (including phenoxy) is 1. The molecule has 1 fully saturated rings. The Morgan fingerprint density at radius 1 is 1.20 bits per heavy atom. The molecule has 0 saturated heterocycles. The SMILES string of the molecule is CCOC1(C(NC)c2ccc(Cl)c(Cl)c2)CCCCC1. The fourth-order valence-electron chi connectivity index (χ4n) is 3.38. The lowest BCUT2D eigenvalue weighted by Gasteiger charge is -2.43. The summed E-state index contributed by atoms with van der Waals surface area (Å²) in [5.74, 6) is 0. The van der Waals surface area contributed by atoms with Crippen LogP contribution in [-0.4, -0.2) is 19.3 Å². The fourth-order valence-corrected chi connectivity index (χ4v) is 3.69. The van der Waals surface area contributed by atoms with E-state index in [1.54, 1.807) is 0 Å². The molecule has 1 aromatic carbocycles. The topological polar surface area (TPSA) is 21.3 Å². The van der Waals surface area contributed by atoms with E-state index in [2.05, 4.69) is 12.2 Å². The molecule has 1 aliphatic carbocycles. The van der Waals surface area contributed by atoms with Gasteiger partial charge in [-0.05, 0) is 44.5 Å². The summed E-state index contributed by atoms with van der Waals surface area (Å²) in [7, 11) is 1.99. The molecular formula is C16H23Cl2NO. The highest BCUT2D eigenvalue weighted by Crippen LogP contribution is 2.42. The highest BCUT2D eigenvalue weighted by Gasteiger charge is 2.40. The molecule has 2 nitrogen and oxygen atoms in total. The number of nitrogens with one attached hydrogen (secondary N) is 1. The Morgan fingerprint density at radius 2 is 1.90 bits per heavy atom. The zero-order chi connectivity index (χ0) is 14.6. The van der Waals surface area contributed by atoms with Crippen molar-refractivity contribution < 1.29 is 4.74 Å². The predicted molar refractivity (Wildman–Crippen MR) is 85.7 cm³/mol. The van der Waals surface area contributed by atoms with Gasteiger partial charge in [0.25, 0.3) is 0 Å². The number of hydrogen-bond acceptors (Lipinski definition) is 2. The summed E-state index contributed by atoms with van der Waals surface area (Å²) in [5, 5.41) is 4.63. The molecule has 1 N–H and O–H groups in total. The maximum absolute atomic E-state index is 6.21. The molecule has 1 atom stereocenters. The summed E-state index contributed by atoms with van der Waals surface area (Å²) in [5.41, 5.74) is 1.02. The number of halogens is 2. The standard InChI is InChI=1S/C16H23Cl2NO/c1-3-20-16(9-5-4-6-10-16)15(19-2)12-7-8-13(17)14(18)11-12/h7-8,11,15,19H,3-6,9-10H2,1-2H3. The third-order valence-corrected chi connectivity index (χ3v) is 4.96. The first-order valence-electron chi connectivity index (χ1n) is 7.39. The smallest absolute Gasteiger partial charge is 0.0876 e. The van der Waals surface area contributed by atoms with Crippen molar-refractivity contribution in [3.05, 3.63) is 33.8 Å². The highest BCUT2D eigenvalue weighted by molar-refractivity contribution is 6.42. The van der Waals surface area contributed by atoms with Crippen molar-refractivity contribution in [2.45, 2.75) is 50.7 Å². The Kier molecular flexibility index (Phi) is 5.74. The molecular weight excluding hydrogens is 293 g/mol. The molecule has 4 heteroatoms. The first-order valence-corrected chi connectivity index (χ1v) is 8.14. The van der Waals surface area contributed by atoms with Crippen LogP contribution in [0.2, 0.25) is 10.0 Å². The number of benzene rings is 1.